The van der Waals surface area contributed by atoms with Crippen molar-refractivity contribution < 1.29 is 14.3 Å². The molecule has 2 aromatic heterocycles. The van der Waals surface area contributed by atoms with E-state index in [-0.39, 0.29) is 18.3 Å². The third-order valence-corrected chi connectivity index (χ3v) is 6.40. The van der Waals surface area contributed by atoms with E-state index in [9.17, 15) is 9.59 Å². The number of aromatic nitrogens is 2. The number of amides is 1. The fraction of sp³-hybridized carbons (Fsp3) is 0.250. The largest absolute Gasteiger partial charge is 0.484 e. The molecular weight excluding hydrogens is 440 g/mol. The number of ketones is 1. The Morgan fingerprint density at radius 3 is 2.51 bits per heavy atom. The number of hydrogen-bond acceptors (Lipinski definition) is 5. The maximum absolute atomic E-state index is 13.2. The Labute approximate surface area is 204 Å². The van der Waals surface area contributed by atoms with Gasteiger partial charge in [0.1, 0.15) is 5.75 Å². The molecule has 0 unspecified atom stereocenters. The summed E-state index contributed by atoms with van der Waals surface area (Å²) in [6.07, 6.45) is 3.76. The van der Waals surface area contributed by atoms with Gasteiger partial charge in [-0.15, -0.1) is 0 Å². The highest BCUT2D eigenvalue weighted by molar-refractivity contribution is 6.08. The first kappa shape index (κ1) is 22.8. The van der Waals surface area contributed by atoms with Gasteiger partial charge in [-0.1, -0.05) is 18.2 Å². The van der Waals surface area contributed by atoms with Crippen LogP contribution in [0.15, 0.2) is 79.1 Å². The van der Waals surface area contributed by atoms with Gasteiger partial charge in [0.15, 0.2) is 6.61 Å². The summed E-state index contributed by atoms with van der Waals surface area (Å²) in [6.45, 7) is 3.76. The molecule has 7 heteroatoms. The van der Waals surface area contributed by atoms with Crippen LogP contribution in [0.5, 0.6) is 5.75 Å². The second-order valence-corrected chi connectivity index (χ2v) is 8.88. The van der Waals surface area contributed by atoms with Crippen LogP contribution >= 0.6 is 0 Å². The molecule has 1 aliphatic rings. The number of ether oxygens (including phenoxy) is 1. The van der Waals surface area contributed by atoms with Crippen LogP contribution in [0.4, 0.5) is 0 Å². The molecule has 0 aliphatic carbocycles. The molecule has 178 valence electrons. The molecular formula is C28H28N4O3. The van der Waals surface area contributed by atoms with Crippen LogP contribution in [0.2, 0.25) is 0 Å². The molecule has 0 bridgehead atoms. The Hall–Kier alpha value is -3.97. The molecule has 4 aromatic rings. The molecule has 1 saturated heterocycles. The van der Waals surface area contributed by atoms with Crippen LogP contribution < -0.4 is 4.74 Å². The van der Waals surface area contributed by atoms with Crippen LogP contribution in [0.3, 0.4) is 0 Å². The van der Waals surface area contributed by atoms with E-state index >= 15 is 0 Å². The Bertz CT molecular complexity index is 1340. The summed E-state index contributed by atoms with van der Waals surface area (Å²) in [6, 6.07) is 20.8. The molecule has 0 spiro atoms. The standard InChI is InChI=1S/C28H28N4O3/c1-30-13-15-31(16-14-30)27(33)20-35-24-10-8-22(9-11-24)28(34)26-7-4-12-32(26)19-21-17-23-5-2-3-6-25(23)29-18-21/h2-12,17-18H,13-16,19-20H2,1H3. The highest BCUT2D eigenvalue weighted by Crippen LogP contribution is 2.19. The smallest absolute Gasteiger partial charge is 0.260 e. The number of para-hydroxylation sites is 1. The Kier molecular flexibility index (Phi) is 6.59. The van der Waals surface area contributed by atoms with Gasteiger partial charge in [0, 0.05) is 56.1 Å². The minimum absolute atomic E-state index is 0.000346. The van der Waals surface area contributed by atoms with Crippen molar-refractivity contribution in [2.24, 2.45) is 0 Å². The minimum atomic E-state index is -0.0659. The molecule has 0 radical (unpaired) electrons. The summed E-state index contributed by atoms with van der Waals surface area (Å²) in [5.74, 6) is 0.490. The molecule has 5 rings (SSSR count). The predicted molar refractivity (Wildman–Crippen MR) is 135 cm³/mol. The normalized spacial score (nSPS) is 14.3. The van der Waals surface area contributed by atoms with E-state index in [1.165, 1.54) is 0 Å². The third kappa shape index (κ3) is 5.25. The van der Waals surface area contributed by atoms with Crippen LogP contribution in [-0.4, -0.2) is 70.9 Å². The first-order valence-corrected chi connectivity index (χ1v) is 11.8. The lowest BCUT2D eigenvalue weighted by atomic mass is 10.1. The summed E-state index contributed by atoms with van der Waals surface area (Å²) >= 11 is 0. The van der Waals surface area contributed by atoms with Crippen molar-refractivity contribution >= 4 is 22.6 Å². The molecule has 0 N–H and O–H groups in total. The van der Waals surface area contributed by atoms with Gasteiger partial charge >= 0.3 is 0 Å². The zero-order chi connectivity index (χ0) is 24.2. The van der Waals surface area contributed by atoms with Crippen LogP contribution in [0.25, 0.3) is 10.9 Å². The Balaban J connectivity index is 1.22. The van der Waals surface area contributed by atoms with Crippen molar-refractivity contribution in [3.8, 4) is 5.75 Å². The summed E-state index contributed by atoms with van der Waals surface area (Å²) in [7, 11) is 2.05. The lowest BCUT2D eigenvalue weighted by Gasteiger charge is -2.32. The molecule has 3 heterocycles. The highest BCUT2D eigenvalue weighted by atomic mass is 16.5. The second kappa shape index (κ2) is 10.1. The molecule has 1 amide bonds. The lowest BCUT2D eigenvalue weighted by molar-refractivity contribution is -0.134. The number of fused-ring (bicyclic) bond motifs is 1. The second-order valence-electron chi connectivity index (χ2n) is 8.88. The average Bonchev–Trinajstić information content (AvgIpc) is 3.35. The van der Waals surface area contributed by atoms with Crippen LogP contribution in [0.1, 0.15) is 21.6 Å². The minimum Gasteiger partial charge on any atom is -0.484 e. The predicted octanol–water partition coefficient (Wildman–Crippen LogP) is 3.47. The van der Waals surface area contributed by atoms with Gasteiger partial charge in [-0.25, -0.2) is 0 Å². The van der Waals surface area contributed by atoms with Crippen molar-refractivity contribution in [2.75, 3.05) is 39.8 Å². The Morgan fingerprint density at radius 1 is 0.943 bits per heavy atom. The number of carbonyl (C=O) groups is 2. The van der Waals surface area contributed by atoms with Crippen LogP contribution in [0, 0.1) is 0 Å². The quantitative estimate of drug-likeness (QED) is 0.389. The van der Waals surface area contributed by atoms with Gasteiger partial charge in [-0.2, -0.15) is 0 Å². The topological polar surface area (TPSA) is 67.7 Å². The van der Waals surface area contributed by atoms with E-state index in [1.54, 1.807) is 24.3 Å². The van der Waals surface area contributed by atoms with Crippen molar-refractivity contribution in [1.82, 2.24) is 19.4 Å². The number of carbonyl (C=O) groups excluding carboxylic acids is 2. The van der Waals surface area contributed by atoms with Gasteiger partial charge in [-0.3, -0.25) is 14.6 Å². The number of nitrogens with zero attached hydrogens (tertiary/aromatic N) is 4. The van der Waals surface area contributed by atoms with Gasteiger partial charge in [-0.05, 0) is 61.1 Å². The summed E-state index contributed by atoms with van der Waals surface area (Å²) < 4.78 is 7.62. The Morgan fingerprint density at radius 2 is 1.71 bits per heavy atom. The fourth-order valence-corrected chi connectivity index (χ4v) is 4.30. The summed E-state index contributed by atoms with van der Waals surface area (Å²) in [5.41, 5.74) is 3.16. The number of pyridine rings is 1. The van der Waals surface area contributed by atoms with E-state index in [0.29, 0.717) is 23.6 Å². The number of benzene rings is 2. The molecule has 0 atom stereocenters. The first-order valence-electron chi connectivity index (χ1n) is 11.8. The number of rotatable bonds is 7. The summed E-state index contributed by atoms with van der Waals surface area (Å²) in [5, 5.41) is 1.08. The van der Waals surface area contributed by atoms with Gasteiger partial charge < -0.3 is 19.1 Å². The van der Waals surface area contributed by atoms with E-state index in [0.717, 1.165) is 42.6 Å². The van der Waals surface area contributed by atoms with Crippen molar-refractivity contribution in [1.29, 1.82) is 0 Å². The maximum Gasteiger partial charge on any atom is 0.260 e. The average molecular weight is 469 g/mol. The van der Waals surface area contributed by atoms with E-state index in [1.807, 2.05) is 58.3 Å². The third-order valence-electron chi connectivity index (χ3n) is 6.40. The fourth-order valence-electron chi connectivity index (χ4n) is 4.30. The van der Waals surface area contributed by atoms with Gasteiger partial charge in [0.05, 0.1) is 11.2 Å². The van der Waals surface area contributed by atoms with Crippen molar-refractivity contribution in [2.45, 2.75) is 6.54 Å². The molecule has 7 nitrogen and oxygen atoms in total. The SMILES string of the molecule is CN1CCN(C(=O)COc2ccc(C(=O)c3cccn3Cc3cnc4ccccc4c3)cc2)CC1. The van der Waals surface area contributed by atoms with E-state index in [4.69, 9.17) is 4.74 Å². The monoisotopic (exact) mass is 468 g/mol. The molecule has 1 aliphatic heterocycles. The molecule has 2 aromatic carbocycles. The number of hydrogen-bond donors (Lipinski definition) is 0. The van der Waals surface area contributed by atoms with Gasteiger partial charge in [0.2, 0.25) is 5.78 Å². The van der Waals surface area contributed by atoms with Crippen molar-refractivity contribution in [3.05, 3.63) is 95.9 Å². The van der Waals surface area contributed by atoms with E-state index < -0.39 is 0 Å². The van der Waals surface area contributed by atoms with E-state index in [2.05, 4.69) is 23.0 Å². The number of piperazine rings is 1. The van der Waals surface area contributed by atoms with Crippen molar-refractivity contribution in [3.63, 3.8) is 0 Å². The summed E-state index contributed by atoms with van der Waals surface area (Å²) in [4.78, 5) is 34.1. The van der Waals surface area contributed by atoms with Gasteiger partial charge in [0.25, 0.3) is 5.91 Å². The molecule has 35 heavy (non-hydrogen) atoms. The molecule has 1 fully saturated rings. The zero-order valence-electron chi connectivity index (χ0n) is 19.8. The zero-order valence-corrected chi connectivity index (χ0v) is 19.8. The lowest BCUT2D eigenvalue weighted by Crippen LogP contribution is -2.48. The first-order chi connectivity index (χ1) is 17.1. The molecule has 0 saturated carbocycles. The highest BCUT2D eigenvalue weighted by Gasteiger charge is 2.19. The maximum atomic E-state index is 13.2. The van der Waals surface area contributed by atoms with Crippen LogP contribution in [-0.2, 0) is 11.3 Å². The number of likely N-dealkylation sites (N-methyl/N-ethyl adjacent to an activating group) is 1.